The number of esters is 1. The Morgan fingerprint density at radius 3 is 2.92 bits per heavy atom. The lowest BCUT2D eigenvalue weighted by Gasteiger charge is -2.15. The van der Waals surface area contributed by atoms with Crippen molar-refractivity contribution in [3.63, 3.8) is 0 Å². The first-order valence-electron chi connectivity index (χ1n) is 4.68. The molecular formula is C10H16O3. The van der Waals surface area contributed by atoms with Crippen LogP contribution in [0.25, 0.3) is 0 Å². The van der Waals surface area contributed by atoms with E-state index in [0.717, 1.165) is 25.7 Å². The molecule has 1 rings (SSSR count). The lowest BCUT2D eigenvalue weighted by Crippen LogP contribution is -2.20. The van der Waals surface area contributed by atoms with Gasteiger partial charge in [0.05, 0.1) is 6.61 Å². The molecule has 3 heteroatoms. The number of rotatable bonds is 2. The van der Waals surface area contributed by atoms with Crippen molar-refractivity contribution < 1.29 is 14.3 Å². The van der Waals surface area contributed by atoms with Gasteiger partial charge in [-0.05, 0) is 19.8 Å². The Morgan fingerprint density at radius 2 is 2.23 bits per heavy atom. The molecule has 0 aromatic carbocycles. The molecule has 0 radical (unpaired) electrons. The van der Waals surface area contributed by atoms with Crippen molar-refractivity contribution in [2.24, 2.45) is 0 Å². The van der Waals surface area contributed by atoms with Crippen LogP contribution < -0.4 is 0 Å². The molecule has 1 aliphatic rings. The van der Waals surface area contributed by atoms with Crippen LogP contribution in [-0.4, -0.2) is 18.9 Å². The number of ether oxygens (including phenoxy) is 2. The third-order valence-corrected chi connectivity index (χ3v) is 1.97. The van der Waals surface area contributed by atoms with Crippen LogP contribution in [0.1, 0.15) is 32.6 Å². The van der Waals surface area contributed by atoms with E-state index in [-0.39, 0.29) is 12.3 Å². The van der Waals surface area contributed by atoms with Gasteiger partial charge < -0.3 is 9.47 Å². The maximum absolute atomic E-state index is 11.1. The number of hydrogen-bond donors (Lipinski definition) is 0. The molecule has 0 spiro atoms. The van der Waals surface area contributed by atoms with Crippen LogP contribution in [-0.2, 0) is 14.3 Å². The molecule has 13 heavy (non-hydrogen) atoms. The second-order valence-electron chi connectivity index (χ2n) is 3.34. The highest BCUT2D eigenvalue weighted by Crippen LogP contribution is 2.14. The largest absolute Gasteiger partial charge is 0.432 e. The standard InChI is InChI=1S/C10H16O3/c1-8(2)10(11)13-9-6-4-3-5-7-12-9/h9H,1,3-7H2,2H3. The zero-order valence-electron chi connectivity index (χ0n) is 8.04. The van der Waals surface area contributed by atoms with E-state index in [1.807, 2.05) is 0 Å². The summed E-state index contributed by atoms with van der Waals surface area (Å²) in [5, 5.41) is 0. The van der Waals surface area contributed by atoms with Crippen molar-refractivity contribution >= 4 is 5.97 Å². The van der Waals surface area contributed by atoms with Gasteiger partial charge in [0.15, 0.2) is 0 Å². The summed E-state index contributed by atoms with van der Waals surface area (Å²) in [4.78, 5) is 11.1. The van der Waals surface area contributed by atoms with Crippen molar-refractivity contribution in [2.45, 2.75) is 38.9 Å². The van der Waals surface area contributed by atoms with Crippen molar-refractivity contribution in [2.75, 3.05) is 6.61 Å². The molecule has 1 fully saturated rings. The van der Waals surface area contributed by atoms with Gasteiger partial charge in [-0.2, -0.15) is 0 Å². The van der Waals surface area contributed by atoms with Crippen LogP contribution >= 0.6 is 0 Å². The summed E-state index contributed by atoms with van der Waals surface area (Å²) in [7, 11) is 0. The second kappa shape index (κ2) is 5.02. The molecule has 1 saturated heterocycles. The van der Waals surface area contributed by atoms with Gasteiger partial charge in [0.1, 0.15) is 0 Å². The van der Waals surface area contributed by atoms with Gasteiger partial charge in [0.2, 0.25) is 6.29 Å². The van der Waals surface area contributed by atoms with Crippen LogP contribution in [0.5, 0.6) is 0 Å². The summed E-state index contributed by atoms with van der Waals surface area (Å²) in [6.07, 6.45) is 3.72. The molecule has 0 amide bonds. The van der Waals surface area contributed by atoms with Crippen LogP contribution in [0.3, 0.4) is 0 Å². The molecule has 74 valence electrons. The maximum atomic E-state index is 11.1. The minimum Gasteiger partial charge on any atom is -0.432 e. The second-order valence-corrected chi connectivity index (χ2v) is 3.34. The van der Waals surface area contributed by atoms with Crippen LogP contribution in [0.2, 0.25) is 0 Å². The summed E-state index contributed by atoms with van der Waals surface area (Å²) in [5.74, 6) is -0.355. The topological polar surface area (TPSA) is 35.5 Å². The molecule has 0 N–H and O–H groups in total. The molecule has 0 bridgehead atoms. The summed E-state index contributed by atoms with van der Waals surface area (Å²) >= 11 is 0. The average Bonchev–Trinajstić information content (AvgIpc) is 2.32. The fourth-order valence-corrected chi connectivity index (χ4v) is 1.20. The van der Waals surface area contributed by atoms with Crippen molar-refractivity contribution in [3.8, 4) is 0 Å². The molecular weight excluding hydrogens is 168 g/mol. The molecule has 1 aliphatic heterocycles. The summed E-state index contributed by atoms with van der Waals surface area (Å²) in [6.45, 7) is 5.84. The molecule has 1 heterocycles. The van der Waals surface area contributed by atoms with E-state index in [9.17, 15) is 4.79 Å². The predicted molar refractivity (Wildman–Crippen MR) is 49.1 cm³/mol. The van der Waals surface area contributed by atoms with Gasteiger partial charge in [-0.1, -0.05) is 13.0 Å². The fraction of sp³-hybridized carbons (Fsp3) is 0.700. The Morgan fingerprint density at radius 1 is 1.46 bits per heavy atom. The number of hydrogen-bond acceptors (Lipinski definition) is 3. The Bertz CT molecular complexity index is 190. The van der Waals surface area contributed by atoms with Crippen molar-refractivity contribution in [1.29, 1.82) is 0 Å². The zero-order chi connectivity index (χ0) is 9.68. The van der Waals surface area contributed by atoms with Gasteiger partial charge in [-0.25, -0.2) is 4.79 Å². The minimum absolute atomic E-state index is 0.355. The molecule has 1 unspecified atom stereocenters. The number of carbonyl (C=O) groups is 1. The van der Waals surface area contributed by atoms with E-state index in [4.69, 9.17) is 9.47 Å². The lowest BCUT2D eigenvalue weighted by molar-refractivity contribution is -0.173. The molecule has 3 nitrogen and oxygen atoms in total. The Balaban J connectivity index is 2.33. The van der Waals surface area contributed by atoms with E-state index in [1.54, 1.807) is 6.92 Å². The SMILES string of the molecule is C=C(C)C(=O)OC1CCCCCO1. The van der Waals surface area contributed by atoms with Gasteiger partial charge in [0, 0.05) is 12.0 Å². The normalized spacial score (nSPS) is 23.3. The van der Waals surface area contributed by atoms with Crippen LogP contribution in [0.15, 0.2) is 12.2 Å². The monoisotopic (exact) mass is 184 g/mol. The zero-order valence-corrected chi connectivity index (χ0v) is 8.04. The van der Waals surface area contributed by atoms with Gasteiger partial charge in [0.25, 0.3) is 0 Å². The Kier molecular flexibility index (Phi) is 3.96. The third kappa shape index (κ3) is 3.59. The lowest BCUT2D eigenvalue weighted by atomic mass is 10.2. The highest BCUT2D eigenvalue weighted by molar-refractivity contribution is 5.86. The highest BCUT2D eigenvalue weighted by Gasteiger charge is 2.16. The van der Waals surface area contributed by atoms with E-state index >= 15 is 0 Å². The Labute approximate surface area is 78.7 Å². The third-order valence-electron chi connectivity index (χ3n) is 1.97. The molecule has 0 saturated carbocycles. The smallest absolute Gasteiger partial charge is 0.335 e. The molecule has 0 aromatic heterocycles. The van der Waals surface area contributed by atoms with Crippen molar-refractivity contribution in [3.05, 3.63) is 12.2 Å². The predicted octanol–water partition coefficient (Wildman–Crippen LogP) is 2.02. The first kappa shape index (κ1) is 10.3. The highest BCUT2D eigenvalue weighted by atomic mass is 16.7. The molecule has 1 atom stereocenters. The van der Waals surface area contributed by atoms with Crippen molar-refractivity contribution in [1.82, 2.24) is 0 Å². The average molecular weight is 184 g/mol. The van der Waals surface area contributed by atoms with Gasteiger partial charge >= 0.3 is 5.97 Å². The molecule has 0 aromatic rings. The van der Waals surface area contributed by atoms with Crippen LogP contribution in [0.4, 0.5) is 0 Å². The van der Waals surface area contributed by atoms with Gasteiger partial charge in [-0.3, -0.25) is 0 Å². The summed E-state index contributed by atoms with van der Waals surface area (Å²) in [6, 6.07) is 0. The molecule has 0 aliphatic carbocycles. The quantitative estimate of drug-likeness (QED) is 0.486. The number of carbonyl (C=O) groups excluding carboxylic acids is 1. The van der Waals surface area contributed by atoms with E-state index < -0.39 is 0 Å². The Hall–Kier alpha value is -0.830. The summed E-state index contributed by atoms with van der Waals surface area (Å²) in [5.41, 5.74) is 0.424. The van der Waals surface area contributed by atoms with E-state index in [2.05, 4.69) is 6.58 Å². The first-order chi connectivity index (χ1) is 6.20. The van der Waals surface area contributed by atoms with E-state index in [1.165, 1.54) is 0 Å². The fourth-order valence-electron chi connectivity index (χ4n) is 1.20. The van der Waals surface area contributed by atoms with E-state index in [0.29, 0.717) is 12.2 Å². The van der Waals surface area contributed by atoms with Crippen LogP contribution in [0, 0.1) is 0 Å². The maximum Gasteiger partial charge on any atom is 0.335 e. The first-order valence-corrected chi connectivity index (χ1v) is 4.68. The summed E-state index contributed by atoms with van der Waals surface area (Å²) < 4.78 is 10.4. The minimum atomic E-state index is -0.355. The van der Waals surface area contributed by atoms with Gasteiger partial charge in [-0.15, -0.1) is 0 Å².